The number of methoxy groups -OCH3 is 1. The van der Waals surface area contributed by atoms with E-state index in [0.29, 0.717) is 47.2 Å². The van der Waals surface area contributed by atoms with E-state index in [4.69, 9.17) is 32.7 Å². The van der Waals surface area contributed by atoms with Gasteiger partial charge in [-0.15, -0.1) is 0 Å². The lowest BCUT2D eigenvalue weighted by molar-refractivity contribution is 0.284. The molecular formula is C23H21Cl2F2NO2. The first-order chi connectivity index (χ1) is 14.5. The molecule has 0 aromatic heterocycles. The number of hydrogen-bond acceptors (Lipinski definition) is 3. The van der Waals surface area contributed by atoms with Crippen molar-refractivity contribution < 1.29 is 18.3 Å². The van der Waals surface area contributed by atoms with Crippen molar-refractivity contribution in [3.8, 4) is 11.5 Å². The van der Waals surface area contributed by atoms with E-state index in [1.54, 1.807) is 30.3 Å². The van der Waals surface area contributed by atoms with Crippen molar-refractivity contribution in [2.24, 2.45) is 0 Å². The van der Waals surface area contributed by atoms with E-state index in [1.165, 1.54) is 25.3 Å². The second-order valence-electron chi connectivity index (χ2n) is 6.64. The average molecular weight is 452 g/mol. The van der Waals surface area contributed by atoms with E-state index in [2.05, 4.69) is 5.32 Å². The summed E-state index contributed by atoms with van der Waals surface area (Å²) < 4.78 is 38.1. The van der Waals surface area contributed by atoms with Crippen molar-refractivity contribution in [3.05, 3.63) is 93.0 Å². The molecule has 0 fully saturated rings. The summed E-state index contributed by atoms with van der Waals surface area (Å²) in [7, 11) is 1.54. The SMILES string of the molecule is COc1cc(CNCCc2ccccc2F)c(Cl)cc1OCc1ccc(F)cc1Cl. The highest BCUT2D eigenvalue weighted by atomic mass is 35.5. The smallest absolute Gasteiger partial charge is 0.163 e. The van der Waals surface area contributed by atoms with Gasteiger partial charge in [0.1, 0.15) is 18.2 Å². The molecule has 3 nitrogen and oxygen atoms in total. The third kappa shape index (κ3) is 5.85. The predicted octanol–water partition coefficient (Wildman–Crippen LogP) is 6.19. The summed E-state index contributed by atoms with van der Waals surface area (Å²) in [6, 6.07) is 14.3. The summed E-state index contributed by atoms with van der Waals surface area (Å²) in [6.45, 7) is 1.24. The van der Waals surface area contributed by atoms with Gasteiger partial charge >= 0.3 is 0 Å². The highest BCUT2D eigenvalue weighted by Gasteiger charge is 2.12. The van der Waals surface area contributed by atoms with Crippen LogP contribution < -0.4 is 14.8 Å². The van der Waals surface area contributed by atoms with Crippen LogP contribution in [0.3, 0.4) is 0 Å². The Kier molecular flexibility index (Phi) is 7.91. The lowest BCUT2D eigenvalue weighted by Gasteiger charge is -2.15. The molecule has 0 aliphatic rings. The first-order valence-electron chi connectivity index (χ1n) is 9.35. The van der Waals surface area contributed by atoms with Crippen LogP contribution in [0.1, 0.15) is 16.7 Å². The Labute approximate surface area is 184 Å². The summed E-state index contributed by atoms with van der Waals surface area (Å²) >= 11 is 12.4. The summed E-state index contributed by atoms with van der Waals surface area (Å²) in [5.41, 5.74) is 2.14. The van der Waals surface area contributed by atoms with Gasteiger partial charge in [0.05, 0.1) is 12.1 Å². The van der Waals surface area contributed by atoms with Crippen LogP contribution in [0.4, 0.5) is 8.78 Å². The normalized spacial score (nSPS) is 10.8. The molecule has 0 heterocycles. The standard InChI is InChI=1S/C23H21Cl2F2NO2/c1-29-22-10-17(13-28-9-8-15-4-2-3-5-21(15)27)20(25)12-23(22)30-14-16-6-7-18(26)11-19(16)24/h2-7,10-12,28H,8-9,13-14H2,1H3. The van der Waals surface area contributed by atoms with Gasteiger partial charge in [-0.3, -0.25) is 0 Å². The second kappa shape index (κ2) is 10.6. The molecule has 7 heteroatoms. The van der Waals surface area contributed by atoms with Crippen LogP contribution in [0.5, 0.6) is 11.5 Å². The number of nitrogens with one attached hydrogen (secondary N) is 1. The van der Waals surface area contributed by atoms with Gasteiger partial charge in [-0.05, 0) is 48.4 Å². The fourth-order valence-corrected chi connectivity index (χ4v) is 3.37. The Hall–Kier alpha value is -2.34. The quantitative estimate of drug-likeness (QED) is 0.393. The van der Waals surface area contributed by atoms with Gasteiger partial charge in [0.2, 0.25) is 0 Å². The van der Waals surface area contributed by atoms with E-state index in [9.17, 15) is 8.78 Å². The highest BCUT2D eigenvalue weighted by Crippen LogP contribution is 2.34. The monoisotopic (exact) mass is 451 g/mol. The maximum absolute atomic E-state index is 13.7. The fraction of sp³-hybridized carbons (Fsp3) is 0.217. The molecule has 0 radical (unpaired) electrons. The van der Waals surface area contributed by atoms with Crippen LogP contribution in [0.2, 0.25) is 10.0 Å². The van der Waals surface area contributed by atoms with Gasteiger partial charge in [-0.25, -0.2) is 8.78 Å². The number of hydrogen-bond donors (Lipinski definition) is 1. The molecule has 0 atom stereocenters. The van der Waals surface area contributed by atoms with Gasteiger partial charge in [0.25, 0.3) is 0 Å². The fourth-order valence-electron chi connectivity index (χ4n) is 2.93. The Morgan fingerprint density at radius 3 is 2.37 bits per heavy atom. The van der Waals surface area contributed by atoms with Crippen molar-refractivity contribution in [2.45, 2.75) is 19.6 Å². The molecule has 158 valence electrons. The Balaban J connectivity index is 1.61. The first kappa shape index (κ1) is 22.3. The molecular weight excluding hydrogens is 431 g/mol. The third-order valence-electron chi connectivity index (χ3n) is 4.58. The van der Waals surface area contributed by atoms with Gasteiger partial charge in [0.15, 0.2) is 11.5 Å². The van der Waals surface area contributed by atoms with Crippen LogP contribution in [0.15, 0.2) is 54.6 Å². The van der Waals surface area contributed by atoms with Crippen LogP contribution in [-0.2, 0) is 19.6 Å². The van der Waals surface area contributed by atoms with Crippen molar-refractivity contribution in [3.63, 3.8) is 0 Å². The molecule has 1 N–H and O–H groups in total. The van der Waals surface area contributed by atoms with Crippen LogP contribution in [-0.4, -0.2) is 13.7 Å². The maximum atomic E-state index is 13.7. The average Bonchev–Trinajstić information content (AvgIpc) is 2.72. The minimum atomic E-state index is -0.406. The van der Waals surface area contributed by atoms with E-state index < -0.39 is 5.82 Å². The van der Waals surface area contributed by atoms with Crippen LogP contribution in [0, 0.1) is 11.6 Å². The van der Waals surface area contributed by atoms with Crippen molar-refractivity contribution in [2.75, 3.05) is 13.7 Å². The highest BCUT2D eigenvalue weighted by molar-refractivity contribution is 6.31. The minimum Gasteiger partial charge on any atom is -0.493 e. The van der Waals surface area contributed by atoms with E-state index >= 15 is 0 Å². The maximum Gasteiger partial charge on any atom is 0.163 e. The number of benzene rings is 3. The number of halogens is 4. The van der Waals surface area contributed by atoms with E-state index in [0.717, 1.165) is 5.56 Å². The van der Waals surface area contributed by atoms with Crippen molar-refractivity contribution >= 4 is 23.2 Å². The Morgan fingerprint density at radius 2 is 1.63 bits per heavy atom. The molecule has 0 amide bonds. The predicted molar refractivity (Wildman–Crippen MR) is 116 cm³/mol. The molecule has 3 aromatic carbocycles. The molecule has 0 spiro atoms. The molecule has 0 aliphatic heterocycles. The lowest BCUT2D eigenvalue weighted by atomic mass is 10.1. The molecule has 0 aliphatic carbocycles. The summed E-state index contributed by atoms with van der Waals surface area (Å²) in [5.74, 6) is 0.361. The Bertz CT molecular complexity index is 1010. The zero-order valence-electron chi connectivity index (χ0n) is 16.4. The minimum absolute atomic E-state index is 0.145. The Morgan fingerprint density at radius 1 is 0.867 bits per heavy atom. The lowest BCUT2D eigenvalue weighted by Crippen LogP contribution is -2.17. The summed E-state index contributed by atoms with van der Waals surface area (Å²) in [6.07, 6.45) is 0.570. The van der Waals surface area contributed by atoms with Crippen molar-refractivity contribution in [1.29, 1.82) is 0 Å². The topological polar surface area (TPSA) is 30.5 Å². The summed E-state index contributed by atoms with van der Waals surface area (Å²) in [5, 5.41) is 4.06. The zero-order valence-corrected chi connectivity index (χ0v) is 17.9. The van der Waals surface area contributed by atoms with Gasteiger partial charge in [-0.2, -0.15) is 0 Å². The molecule has 0 unspecified atom stereocenters. The van der Waals surface area contributed by atoms with Crippen LogP contribution in [0.25, 0.3) is 0 Å². The number of rotatable bonds is 9. The van der Waals surface area contributed by atoms with E-state index in [1.807, 2.05) is 6.07 Å². The molecule has 3 rings (SSSR count). The van der Waals surface area contributed by atoms with Crippen LogP contribution >= 0.6 is 23.2 Å². The third-order valence-corrected chi connectivity index (χ3v) is 5.28. The van der Waals surface area contributed by atoms with E-state index in [-0.39, 0.29) is 17.4 Å². The molecule has 3 aromatic rings. The second-order valence-corrected chi connectivity index (χ2v) is 7.45. The van der Waals surface area contributed by atoms with Gasteiger partial charge in [0, 0.05) is 23.2 Å². The zero-order chi connectivity index (χ0) is 21.5. The molecule has 0 bridgehead atoms. The van der Waals surface area contributed by atoms with Gasteiger partial charge in [-0.1, -0.05) is 47.5 Å². The first-order valence-corrected chi connectivity index (χ1v) is 10.1. The number of ether oxygens (including phenoxy) is 2. The van der Waals surface area contributed by atoms with Crippen molar-refractivity contribution in [1.82, 2.24) is 5.32 Å². The molecule has 30 heavy (non-hydrogen) atoms. The summed E-state index contributed by atoms with van der Waals surface area (Å²) in [4.78, 5) is 0. The van der Waals surface area contributed by atoms with Gasteiger partial charge < -0.3 is 14.8 Å². The largest absolute Gasteiger partial charge is 0.493 e. The molecule has 0 saturated heterocycles. The molecule has 0 saturated carbocycles.